The maximum Gasteiger partial charge on any atom is 0.303 e. The van der Waals surface area contributed by atoms with E-state index < -0.39 is 5.97 Å². The first-order valence-corrected chi connectivity index (χ1v) is 12.4. The molecule has 4 nitrogen and oxygen atoms in total. The highest BCUT2D eigenvalue weighted by Crippen LogP contribution is 2.51. The number of thioether (sulfide) groups is 1. The molecule has 2 aromatic rings. The molecule has 1 saturated carbocycles. The van der Waals surface area contributed by atoms with Crippen LogP contribution in [0.3, 0.4) is 0 Å². The van der Waals surface area contributed by atoms with E-state index in [2.05, 4.69) is 58.4 Å². The van der Waals surface area contributed by atoms with E-state index >= 15 is 0 Å². The number of halogens is 1. The predicted molar refractivity (Wildman–Crippen MR) is 123 cm³/mol. The van der Waals surface area contributed by atoms with Gasteiger partial charge in [0.25, 0.3) is 0 Å². The number of benzene rings is 2. The summed E-state index contributed by atoms with van der Waals surface area (Å²) in [6.07, 6.45) is 3.11. The van der Waals surface area contributed by atoms with E-state index in [4.69, 9.17) is 14.6 Å². The molecule has 0 amide bonds. The van der Waals surface area contributed by atoms with E-state index in [1.54, 1.807) is 0 Å². The van der Waals surface area contributed by atoms with Crippen LogP contribution in [-0.2, 0) is 14.3 Å². The van der Waals surface area contributed by atoms with Gasteiger partial charge in [-0.3, -0.25) is 4.79 Å². The minimum Gasteiger partial charge on any atom is -0.481 e. The van der Waals surface area contributed by atoms with Crippen molar-refractivity contribution in [2.75, 3.05) is 24.7 Å². The molecule has 6 heteroatoms. The second-order valence-electron chi connectivity index (χ2n) is 8.23. The summed E-state index contributed by atoms with van der Waals surface area (Å²) in [5.41, 5.74) is 3.63. The molecular weight excluding hydrogens is 464 g/mol. The largest absolute Gasteiger partial charge is 0.481 e. The normalized spacial score (nSPS) is 19.0. The number of hydrogen-bond acceptors (Lipinski definition) is 4. The van der Waals surface area contributed by atoms with E-state index in [1.165, 1.54) is 11.1 Å². The van der Waals surface area contributed by atoms with Crippen molar-refractivity contribution in [2.45, 2.75) is 37.9 Å². The van der Waals surface area contributed by atoms with E-state index in [0.717, 1.165) is 40.8 Å². The third-order valence-corrected chi connectivity index (χ3v) is 7.99. The molecule has 2 aliphatic rings. The molecule has 0 radical (unpaired) electrons. The zero-order valence-electron chi connectivity index (χ0n) is 16.9. The predicted octanol–water partition coefficient (Wildman–Crippen LogP) is 6.00. The summed E-state index contributed by atoms with van der Waals surface area (Å²) >= 11 is 5.63. The molecule has 1 heterocycles. The van der Waals surface area contributed by atoms with Gasteiger partial charge >= 0.3 is 5.97 Å². The number of carboxylic acid groups (broad SMARTS) is 1. The smallest absolute Gasteiger partial charge is 0.303 e. The topological polar surface area (TPSA) is 55.8 Å². The van der Waals surface area contributed by atoms with Crippen LogP contribution in [-0.4, -0.2) is 35.8 Å². The highest BCUT2D eigenvalue weighted by Gasteiger charge is 2.44. The Morgan fingerprint density at radius 1 is 1.17 bits per heavy atom. The van der Waals surface area contributed by atoms with Gasteiger partial charge in [0.05, 0.1) is 19.6 Å². The van der Waals surface area contributed by atoms with Crippen molar-refractivity contribution >= 4 is 33.7 Å². The highest BCUT2D eigenvalue weighted by molar-refractivity contribution is 9.10. The Morgan fingerprint density at radius 3 is 2.63 bits per heavy atom. The van der Waals surface area contributed by atoms with Crippen LogP contribution in [0.1, 0.15) is 54.6 Å². The van der Waals surface area contributed by atoms with E-state index in [-0.39, 0.29) is 17.6 Å². The van der Waals surface area contributed by atoms with Crippen molar-refractivity contribution in [1.29, 1.82) is 0 Å². The fraction of sp³-hybridized carbons (Fsp3) is 0.458. The minimum absolute atomic E-state index is 0.0381. The van der Waals surface area contributed by atoms with Crippen LogP contribution >= 0.6 is 27.7 Å². The zero-order chi connectivity index (χ0) is 21.0. The number of carbonyl (C=O) groups is 1. The van der Waals surface area contributed by atoms with Gasteiger partial charge in [-0.1, -0.05) is 58.4 Å². The van der Waals surface area contributed by atoms with Crippen LogP contribution in [0, 0.1) is 5.41 Å². The average Bonchev–Trinajstić information content (AvgIpc) is 3.26. The van der Waals surface area contributed by atoms with Crippen LogP contribution in [0.4, 0.5) is 0 Å². The van der Waals surface area contributed by atoms with E-state index in [1.807, 2.05) is 17.8 Å². The molecule has 2 aromatic carbocycles. The fourth-order valence-electron chi connectivity index (χ4n) is 4.09. The molecule has 2 fully saturated rings. The van der Waals surface area contributed by atoms with Crippen molar-refractivity contribution in [1.82, 2.24) is 0 Å². The maximum absolute atomic E-state index is 11.1. The van der Waals surface area contributed by atoms with Gasteiger partial charge in [-0.05, 0) is 53.4 Å². The summed E-state index contributed by atoms with van der Waals surface area (Å²) in [6.45, 7) is 1.27. The third kappa shape index (κ3) is 5.47. The second kappa shape index (κ2) is 9.86. The van der Waals surface area contributed by atoms with Crippen LogP contribution in [0.15, 0.2) is 53.0 Å². The number of carboxylic acids is 1. The average molecular weight is 491 g/mol. The molecule has 160 valence electrons. The van der Waals surface area contributed by atoms with E-state index in [0.29, 0.717) is 19.6 Å². The molecule has 30 heavy (non-hydrogen) atoms. The molecule has 0 unspecified atom stereocenters. The zero-order valence-corrected chi connectivity index (χ0v) is 19.3. The van der Waals surface area contributed by atoms with Gasteiger partial charge in [-0.15, -0.1) is 0 Å². The Kier molecular flexibility index (Phi) is 7.19. The lowest BCUT2D eigenvalue weighted by atomic mass is 9.88. The Hall–Kier alpha value is -1.34. The van der Waals surface area contributed by atoms with Gasteiger partial charge in [0, 0.05) is 16.0 Å². The molecule has 1 aliphatic carbocycles. The lowest BCUT2D eigenvalue weighted by molar-refractivity contribution is -0.138. The first-order valence-electron chi connectivity index (χ1n) is 10.4. The molecule has 0 bridgehead atoms. The summed E-state index contributed by atoms with van der Waals surface area (Å²) in [6, 6.07) is 16.9. The van der Waals surface area contributed by atoms with Gasteiger partial charge in [0.2, 0.25) is 0 Å². The van der Waals surface area contributed by atoms with Gasteiger partial charge < -0.3 is 14.6 Å². The van der Waals surface area contributed by atoms with Crippen LogP contribution in [0.25, 0.3) is 0 Å². The molecule has 4 rings (SSSR count). The van der Waals surface area contributed by atoms with Gasteiger partial charge in [0.15, 0.2) is 6.29 Å². The summed E-state index contributed by atoms with van der Waals surface area (Å²) in [5.74, 6) is 1.51. The number of aliphatic carboxylic acids is 1. The third-order valence-electron chi connectivity index (χ3n) is 5.93. The van der Waals surface area contributed by atoms with Crippen molar-refractivity contribution in [3.8, 4) is 0 Å². The first-order chi connectivity index (χ1) is 14.6. The molecule has 0 aromatic heterocycles. The van der Waals surface area contributed by atoms with Crippen molar-refractivity contribution in [3.05, 3.63) is 69.7 Å². The Morgan fingerprint density at radius 2 is 1.93 bits per heavy atom. The van der Waals surface area contributed by atoms with Crippen molar-refractivity contribution in [2.24, 2.45) is 5.41 Å². The number of ether oxygens (including phenoxy) is 2. The lowest BCUT2D eigenvalue weighted by Crippen LogP contribution is -2.12. The van der Waals surface area contributed by atoms with Gasteiger partial charge in [0.1, 0.15) is 0 Å². The van der Waals surface area contributed by atoms with E-state index in [9.17, 15) is 4.79 Å². The molecule has 1 atom stereocenters. The summed E-state index contributed by atoms with van der Waals surface area (Å²) in [5, 5.41) is 9.14. The maximum atomic E-state index is 11.1. The van der Waals surface area contributed by atoms with Gasteiger partial charge in [-0.2, -0.15) is 11.8 Å². The fourth-order valence-corrected chi connectivity index (χ4v) is 6.02. The summed E-state index contributed by atoms with van der Waals surface area (Å²) in [7, 11) is 0. The van der Waals surface area contributed by atoms with Crippen molar-refractivity contribution < 1.29 is 19.4 Å². The van der Waals surface area contributed by atoms with Crippen LogP contribution in [0.2, 0.25) is 0 Å². The standard InChI is InChI=1S/C24H27BrO4S/c25-21-7-2-1-6-20(21)19(8-13-30-16-24(9-10-24)15-22(26)27)17-4-3-5-18(14-17)23-28-11-12-29-23/h1-7,14,19,23H,8-13,15-16H2,(H,26,27)/t19-/m1/s1. The Balaban J connectivity index is 1.47. The van der Waals surface area contributed by atoms with Gasteiger partial charge in [-0.25, -0.2) is 0 Å². The quantitative estimate of drug-likeness (QED) is 0.413. The Bertz CT molecular complexity index is 877. The molecule has 0 spiro atoms. The van der Waals surface area contributed by atoms with Crippen LogP contribution in [0.5, 0.6) is 0 Å². The summed E-state index contributed by atoms with van der Waals surface area (Å²) < 4.78 is 12.5. The molecule has 1 aliphatic heterocycles. The molecular formula is C24H27BrO4S. The molecule has 1 saturated heterocycles. The van der Waals surface area contributed by atoms with Crippen molar-refractivity contribution in [3.63, 3.8) is 0 Å². The second-order valence-corrected chi connectivity index (χ2v) is 10.2. The monoisotopic (exact) mass is 490 g/mol. The SMILES string of the molecule is O=C(O)CC1(CSCC[C@H](c2cccc(C3OCCO3)c2)c2ccccc2Br)CC1. The highest BCUT2D eigenvalue weighted by atomic mass is 79.9. The minimum atomic E-state index is -0.674. The lowest BCUT2D eigenvalue weighted by Gasteiger charge is -2.21. The number of hydrogen-bond donors (Lipinski definition) is 1. The first kappa shape index (κ1) is 21.9. The van der Waals surface area contributed by atoms with Crippen LogP contribution < -0.4 is 0 Å². The number of rotatable bonds is 10. The Labute approximate surface area is 190 Å². The molecule has 1 N–H and O–H groups in total. The summed E-state index contributed by atoms with van der Waals surface area (Å²) in [4.78, 5) is 11.1.